The van der Waals surface area contributed by atoms with Crippen molar-refractivity contribution >= 4 is 22.8 Å². The number of hydrogen-bond donors (Lipinski definition) is 2. The first kappa shape index (κ1) is 12.4. The molecule has 1 amide bonds. The van der Waals surface area contributed by atoms with Gasteiger partial charge in [-0.3, -0.25) is 10.1 Å². The molecule has 0 aliphatic carbocycles. The Balaban J connectivity index is 1.95. The standard InChI is InChI=1S/C14H15N5O/c1-8-9(2)17-12-5-4-10(6-11(8)12)13(20)18-14-15-7-16-19(14)3/h4-7,17H,1-3H3,(H,15,16,18,20). The van der Waals surface area contributed by atoms with E-state index in [1.165, 1.54) is 11.0 Å². The lowest BCUT2D eigenvalue weighted by Gasteiger charge is -2.04. The molecule has 102 valence electrons. The van der Waals surface area contributed by atoms with Gasteiger partial charge in [0.1, 0.15) is 6.33 Å². The Kier molecular flexibility index (Phi) is 2.78. The molecule has 0 unspecified atom stereocenters. The lowest BCUT2D eigenvalue weighted by atomic mass is 10.1. The van der Waals surface area contributed by atoms with Crippen molar-refractivity contribution in [1.29, 1.82) is 0 Å². The van der Waals surface area contributed by atoms with E-state index in [4.69, 9.17) is 0 Å². The summed E-state index contributed by atoms with van der Waals surface area (Å²) in [5.74, 6) is 0.235. The van der Waals surface area contributed by atoms with Crippen LogP contribution in [0.3, 0.4) is 0 Å². The van der Waals surface area contributed by atoms with Crippen molar-refractivity contribution in [1.82, 2.24) is 19.7 Å². The van der Waals surface area contributed by atoms with Gasteiger partial charge >= 0.3 is 0 Å². The van der Waals surface area contributed by atoms with E-state index >= 15 is 0 Å². The van der Waals surface area contributed by atoms with E-state index in [2.05, 4.69) is 20.4 Å². The van der Waals surface area contributed by atoms with Crippen LogP contribution in [0.25, 0.3) is 10.9 Å². The Morgan fingerprint density at radius 3 is 2.85 bits per heavy atom. The average Bonchev–Trinajstić information content (AvgIpc) is 2.95. The molecule has 0 bridgehead atoms. The van der Waals surface area contributed by atoms with Crippen molar-refractivity contribution in [3.05, 3.63) is 41.3 Å². The summed E-state index contributed by atoms with van der Waals surface area (Å²) in [4.78, 5) is 19.5. The van der Waals surface area contributed by atoms with Gasteiger partial charge in [-0.25, -0.2) is 4.68 Å². The van der Waals surface area contributed by atoms with Crippen molar-refractivity contribution in [3.63, 3.8) is 0 Å². The third kappa shape index (κ3) is 1.95. The molecule has 0 fully saturated rings. The number of carbonyl (C=O) groups is 1. The van der Waals surface area contributed by atoms with Crippen LogP contribution in [-0.2, 0) is 7.05 Å². The molecule has 0 aliphatic rings. The summed E-state index contributed by atoms with van der Waals surface area (Å²) in [6.07, 6.45) is 1.40. The number of nitrogens with zero attached hydrogens (tertiary/aromatic N) is 3. The first-order valence-corrected chi connectivity index (χ1v) is 6.30. The van der Waals surface area contributed by atoms with Gasteiger partial charge < -0.3 is 4.98 Å². The van der Waals surface area contributed by atoms with Crippen LogP contribution in [0.1, 0.15) is 21.6 Å². The smallest absolute Gasteiger partial charge is 0.258 e. The molecule has 6 heteroatoms. The maximum Gasteiger partial charge on any atom is 0.258 e. The van der Waals surface area contributed by atoms with Gasteiger partial charge in [-0.1, -0.05) is 0 Å². The van der Waals surface area contributed by atoms with E-state index in [-0.39, 0.29) is 5.91 Å². The zero-order valence-electron chi connectivity index (χ0n) is 11.6. The fourth-order valence-electron chi connectivity index (χ4n) is 2.19. The fraction of sp³-hybridized carbons (Fsp3) is 0.214. The molecular formula is C14H15N5O. The lowest BCUT2D eigenvalue weighted by Crippen LogP contribution is -2.15. The molecule has 3 rings (SSSR count). The number of aromatic amines is 1. The van der Waals surface area contributed by atoms with Gasteiger partial charge in [0.25, 0.3) is 5.91 Å². The number of anilines is 1. The predicted octanol–water partition coefficient (Wildman–Crippen LogP) is 2.17. The van der Waals surface area contributed by atoms with Crippen LogP contribution in [-0.4, -0.2) is 25.7 Å². The molecule has 0 radical (unpaired) electrons. The van der Waals surface area contributed by atoms with Crippen LogP contribution in [0.4, 0.5) is 5.95 Å². The summed E-state index contributed by atoms with van der Waals surface area (Å²) in [5, 5.41) is 7.72. The van der Waals surface area contributed by atoms with Gasteiger partial charge in [0, 0.05) is 29.2 Å². The molecule has 2 N–H and O–H groups in total. The highest BCUT2D eigenvalue weighted by atomic mass is 16.1. The number of fused-ring (bicyclic) bond motifs is 1. The number of carbonyl (C=O) groups excluding carboxylic acids is 1. The van der Waals surface area contributed by atoms with Gasteiger partial charge in [0.15, 0.2) is 0 Å². The van der Waals surface area contributed by atoms with E-state index in [1.807, 2.05) is 26.0 Å². The molecular weight excluding hydrogens is 254 g/mol. The molecule has 6 nitrogen and oxygen atoms in total. The first-order valence-electron chi connectivity index (χ1n) is 6.30. The SMILES string of the molecule is Cc1[nH]c2ccc(C(=O)Nc3ncnn3C)cc2c1C. The zero-order valence-corrected chi connectivity index (χ0v) is 11.6. The Morgan fingerprint density at radius 2 is 2.15 bits per heavy atom. The Bertz CT molecular complexity index is 799. The maximum atomic E-state index is 12.2. The van der Waals surface area contributed by atoms with Crippen LogP contribution >= 0.6 is 0 Å². The minimum Gasteiger partial charge on any atom is -0.358 e. The largest absolute Gasteiger partial charge is 0.358 e. The van der Waals surface area contributed by atoms with Crippen LogP contribution in [0.2, 0.25) is 0 Å². The molecule has 1 aromatic carbocycles. The number of rotatable bonds is 2. The van der Waals surface area contributed by atoms with E-state index < -0.39 is 0 Å². The normalized spacial score (nSPS) is 10.9. The van der Waals surface area contributed by atoms with Crippen LogP contribution in [0, 0.1) is 13.8 Å². The van der Waals surface area contributed by atoms with Gasteiger partial charge in [-0.15, -0.1) is 0 Å². The minimum atomic E-state index is -0.193. The number of nitrogens with one attached hydrogen (secondary N) is 2. The fourth-order valence-corrected chi connectivity index (χ4v) is 2.19. The van der Waals surface area contributed by atoms with Crippen LogP contribution < -0.4 is 5.32 Å². The number of aryl methyl sites for hydroxylation is 3. The molecule has 0 spiro atoms. The highest BCUT2D eigenvalue weighted by Gasteiger charge is 2.12. The quantitative estimate of drug-likeness (QED) is 0.748. The highest BCUT2D eigenvalue weighted by molar-refractivity contribution is 6.05. The summed E-state index contributed by atoms with van der Waals surface area (Å²) >= 11 is 0. The van der Waals surface area contributed by atoms with Gasteiger partial charge in [0.05, 0.1) is 0 Å². The molecule has 0 saturated heterocycles. The van der Waals surface area contributed by atoms with Crippen molar-refractivity contribution in [3.8, 4) is 0 Å². The van der Waals surface area contributed by atoms with Crippen molar-refractivity contribution in [2.24, 2.45) is 7.05 Å². The third-order valence-electron chi connectivity index (χ3n) is 3.51. The molecule has 0 atom stereocenters. The summed E-state index contributed by atoms with van der Waals surface area (Å²) in [5.41, 5.74) is 3.91. The van der Waals surface area contributed by atoms with Crippen molar-refractivity contribution < 1.29 is 4.79 Å². The number of amides is 1. The summed E-state index contributed by atoms with van der Waals surface area (Å²) in [6.45, 7) is 4.06. The molecule has 20 heavy (non-hydrogen) atoms. The summed E-state index contributed by atoms with van der Waals surface area (Å²) < 4.78 is 1.52. The second kappa shape index (κ2) is 4.48. The third-order valence-corrected chi connectivity index (χ3v) is 3.51. The Morgan fingerprint density at radius 1 is 1.35 bits per heavy atom. The monoisotopic (exact) mass is 269 g/mol. The number of hydrogen-bond acceptors (Lipinski definition) is 3. The Labute approximate surface area is 115 Å². The molecule has 2 heterocycles. The number of H-pyrrole nitrogens is 1. The minimum absolute atomic E-state index is 0.193. The number of aromatic nitrogens is 4. The second-order valence-electron chi connectivity index (χ2n) is 4.80. The van der Waals surface area contributed by atoms with Crippen LogP contribution in [0.15, 0.2) is 24.5 Å². The molecule has 3 aromatic rings. The van der Waals surface area contributed by atoms with Crippen molar-refractivity contribution in [2.75, 3.05) is 5.32 Å². The maximum absolute atomic E-state index is 12.2. The molecule has 2 aromatic heterocycles. The van der Waals surface area contributed by atoms with Gasteiger partial charge in [-0.2, -0.15) is 10.1 Å². The highest BCUT2D eigenvalue weighted by Crippen LogP contribution is 2.22. The number of benzene rings is 1. The summed E-state index contributed by atoms with van der Waals surface area (Å²) in [7, 11) is 1.73. The lowest BCUT2D eigenvalue weighted by molar-refractivity contribution is 0.102. The van der Waals surface area contributed by atoms with E-state index in [0.717, 1.165) is 22.2 Å². The molecule has 0 aliphatic heterocycles. The predicted molar refractivity (Wildman–Crippen MR) is 76.7 cm³/mol. The summed E-state index contributed by atoms with van der Waals surface area (Å²) in [6, 6.07) is 5.60. The second-order valence-corrected chi connectivity index (χ2v) is 4.80. The van der Waals surface area contributed by atoms with Crippen LogP contribution in [0.5, 0.6) is 0 Å². The van der Waals surface area contributed by atoms with E-state index in [0.29, 0.717) is 11.5 Å². The van der Waals surface area contributed by atoms with Crippen molar-refractivity contribution in [2.45, 2.75) is 13.8 Å². The molecule has 0 saturated carbocycles. The topological polar surface area (TPSA) is 75.6 Å². The zero-order chi connectivity index (χ0) is 14.3. The Hall–Kier alpha value is -2.63. The van der Waals surface area contributed by atoms with E-state index in [1.54, 1.807) is 13.1 Å². The van der Waals surface area contributed by atoms with Gasteiger partial charge in [-0.05, 0) is 37.6 Å². The average molecular weight is 269 g/mol. The van der Waals surface area contributed by atoms with E-state index in [9.17, 15) is 4.79 Å². The first-order chi connectivity index (χ1) is 9.56. The van der Waals surface area contributed by atoms with Gasteiger partial charge in [0.2, 0.25) is 5.95 Å².